The number of aryl methyl sites for hydroxylation is 1. The summed E-state index contributed by atoms with van der Waals surface area (Å²) in [7, 11) is 0. The molecule has 0 aliphatic carbocycles. The number of rotatable bonds is 4. The molecule has 3 rings (SSSR count). The summed E-state index contributed by atoms with van der Waals surface area (Å²) in [4.78, 5) is 16.8. The maximum Gasteiger partial charge on any atom is 0.271 e. The van der Waals surface area contributed by atoms with Gasteiger partial charge in [0.15, 0.2) is 0 Å². The van der Waals surface area contributed by atoms with Crippen molar-refractivity contribution in [3.05, 3.63) is 47.5 Å². The Morgan fingerprint density at radius 3 is 2.62 bits per heavy atom. The van der Waals surface area contributed by atoms with E-state index in [0.29, 0.717) is 12.2 Å². The Morgan fingerprint density at radius 1 is 1.29 bits per heavy atom. The van der Waals surface area contributed by atoms with E-state index in [1.807, 2.05) is 62.6 Å². The van der Waals surface area contributed by atoms with Crippen LogP contribution >= 0.6 is 0 Å². The van der Waals surface area contributed by atoms with Gasteiger partial charge in [0.05, 0.1) is 11.8 Å². The van der Waals surface area contributed by atoms with E-state index in [9.17, 15) is 4.79 Å². The summed E-state index contributed by atoms with van der Waals surface area (Å²) in [6.45, 7) is 9.18. The lowest BCUT2D eigenvalue weighted by atomic mass is 10.2. The maximum absolute atomic E-state index is 12.4. The minimum Gasteiger partial charge on any atom is -0.376 e. The Morgan fingerprint density at radius 2 is 2.00 bits per heavy atom. The Labute approximate surface area is 144 Å². The van der Waals surface area contributed by atoms with Crippen molar-refractivity contribution in [1.29, 1.82) is 0 Å². The van der Waals surface area contributed by atoms with Crippen molar-refractivity contribution >= 4 is 5.91 Å². The zero-order valence-corrected chi connectivity index (χ0v) is 15.0. The summed E-state index contributed by atoms with van der Waals surface area (Å²) in [5.41, 5.74) is 2.36. The first-order valence-electron chi connectivity index (χ1n) is 8.68. The van der Waals surface area contributed by atoms with E-state index in [1.165, 1.54) is 0 Å². The molecule has 1 saturated heterocycles. The number of ether oxygens (including phenoxy) is 1. The Balaban J connectivity index is 0.00000100. The summed E-state index contributed by atoms with van der Waals surface area (Å²) in [5.74, 6) is 0.678. The third-order valence-electron chi connectivity index (χ3n) is 4.02. The van der Waals surface area contributed by atoms with Crippen molar-refractivity contribution in [1.82, 2.24) is 14.9 Å². The van der Waals surface area contributed by atoms with Crippen LogP contribution in [0.2, 0.25) is 0 Å². The summed E-state index contributed by atoms with van der Waals surface area (Å²) in [6, 6.07) is 9.95. The Bertz CT molecular complexity index is 659. The molecule has 5 heteroatoms. The molecule has 1 amide bonds. The van der Waals surface area contributed by atoms with Gasteiger partial charge in [0.1, 0.15) is 11.5 Å². The van der Waals surface area contributed by atoms with E-state index in [2.05, 4.69) is 10.3 Å². The fourth-order valence-electron chi connectivity index (χ4n) is 2.91. The molecule has 1 aliphatic rings. The number of hydrogen-bond acceptors (Lipinski definition) is 3. The smallest absolute Gasteiger partial charge is 0.271 e. The predicted octanol–water partition coefficient (Wildman–Crippen LogP) is 3.42. The van der Waals surface area contributed by atoms with E-state index >= 15 is 0 Å². The molecule has 2 aromatic rings. The number of aromatic nitrogens is 2. The second-order valence-corrected chi connectivity index (χ2v) is 5.61. The molecule has 1 unspecified atom stereocenters. The Kier molecular flexibility index (Phi) is 6.55. The average molecular weight is 329 g/mol. The SMILES string of the molecule is CC.Cc1nc(C(=O)NCC2CCCO2)c(C)n1-c1ccccc1. The number of benzene rings is 1. The van der Waals surface area contributed by atoms with Crippen molar-refractivity contribution in [3.8, 4) is 5.69 Å². The summed E-state index contributed by atoms with van der Waals surface area (Å²) in [5, 5.41) is 2.93. The molecule has 1 aromatic carbocycles. The number of hydrogen-bond donors (Lipinski definition) is 1. The highest BCUT2D eigenvalue weighted by Gasteiger charge is 2.21. The molecule has 0 spiro atoms. The van der Waals surface area contributed by atoms with Crippen molar-refractivity contribution < 1.29 is 9.53 Å². The highest BCUT2D eigenvalue weighted by Crippen LogP contribution is 2.18. The van der Waals surface area contributed by atoms with Crippen LogP contribution in [0.25, 0.3) is 5.69 Å². The number of para-hydroxylation sites is 1. The third kappa shape index (κ3) is 4.03. The first-order chi connectivity index (χ1) is 11.7. The molecule has 1 atom stereocenters. The largest absolute Gasteiger partial charge is 0.376 e. The van der Waals surface area contributed by atoms with Crippen LogP contribution < -0.4 is 5.32 Å². The fourth-order valence-corrected chi connectivity index (χ4v) is 2.91. The van der Waals surface area contributed by atoms with E-state index in [0.717, 1.165) is 36.7 Å². The topological polar surface area (TPSA) is 56.1 Å². The summed E-state index contributed by atoms with van der Waals surface area (Å²) >= 11 is 0. The number of nitrogens with zero attached hydrogens (tertiary/aromatic N) is 2. The van der Waals surface area contributed by atoms with Gasteiger partial charge in [-0.3, -0.25) is 4.79 Å². The summed E-state index contributed by atoms with van der Waals surface area (Å²) < 4.78 is 7.53. The van der Waals surface area contributed by atoms with Crippen LogP contribution in [-0.2, 0) is 4.74 Å². The quantitative estimate of drug-likeness (QED) is 0.935. The van der Waals surface area contributed by atoms with Crippen molar-refractivity contribution in [3.63, 3.8) is 0 Å². The molecule has 1 aromatic heterocycles. The average Bonchev–Trinajstić information content (AvgIpc) is 3.23. The fraction of sp³-hybridized carbons (Fsp3) is 0.474. The van der Waals surface area contributed by atoms with Crippen LogP contribution in [0.4, 0.5) is 0 Å². The maximum atomic E-state index is 12.4. The van der Waals surface area contributed by atoms with Gasteiger partial charge in [-0.05, 0) is 38.8 Å². The number of imidazole rings is 1. The van der Waals surface area contributed by atoms with Crippen LogP contribution in [0.15, 0.2) is 30.3 Å². The molecule has 5 nitrogen and oxygen atoms in total. The molecule has 1 aliphatic heterocycles. The van der Waals surface area contributed by atoms with E-state index < -0.39 is 0 Å². The van der Waals surface area contributed by atoms with Crippen molar-refractivity contribution in [2.75, 3.05) is 13.2 Å². The van der Waals surface area contributed by atoms with Gasteiger partial charge in [-0.2, -0.15) is 0 Å². The highest BCUT2D eigenvalue weighted by atomic mass is 16.5. The first kappa shape index (κ1) is 18.2. The van der Waals surface area contributed by atoms with Gasteiger partial charge in [0.25, 0.3) is 5.91 Å². The van der Waals surface area contributed by atoms with Gasteiger partial charge >= 0.3 is 0 Å². The molecule has 0 bridgehead atoms. The van der Waals surface area contributed by atoms with Crippen LogP contribution in [0.1, 0.15) is 48.7 Å². The van der Waals surface area contributed by atoms with Gasteiger partial charge < -0.3 is 14.6 Å². The van der Waals surface area contributed by atoms with Gasteiger partial charge in [-0.15, -0.1) is 0 Å². The zero-order chi connectivity index (χ0) is 17.5. The molecular weight excluding hydrogens is 302 g/mol. The Hall–Kier alpha value is -2.14. The lowest BCUT2D eigenvalue weighted by Gasteiger charge is -2.10. The normalized spacial score (nSPS) is 16.4. The minimum atomic E-state index is -0.134. The molecule has 0 saturated carbocycles. The standard InChI is InChI=1S/C17H21N3O2.C2H6/c1-12-16(17(21)18-11-15-9-6-10-22-15)19-13(2)20(12)14-7-4-3-5-8-14;1-2/h3-5,7-8,15H,6,9-11H2,1-2H3,(H,18,21);1-2H3. The second-order valence-electron chi connectivity index (χ2n) is 5.61. The highest BCUT2D eigenvalue weighted by molar-refractivity contribution is 5.93. The van der Waals surface area contributed by atoms with Crippen LogP contribution in [0, 0.1) is 13.8 Å². The number of carbonyl (C=O) groups excluding carboxylic acids is 1. The molecule has 0 radical (unpaired) electrons. The van der Waals surface area contributed by atoms with E-state index in [1.54, 1.807) is 0 Å². The monoisotopic (exact) mass is 329 g/mol. The van der Waals surface area contributed by atoms with Crippen molar-refractivity contribution in [2.45, 2.75) is 46.6 Å². The molecule has 130 valence electrons. The first-order valence-corrected chi connectivity index (χ1v) is 8.68. The molecule has 1 fully saturated rings. The molecule has 1 N–H and O–H groups in total. The zero-order valence-electron chi connectivity index (χ0n) is 15.0. The van der Waals surface area contributed by atoms with E-state index in [4.69, 9.17) is 4.74 Å². The molecular formula is C19H27N3O2. The van der Waals surface area contributed by atoms with Crippen molar-refractivity contribution in [2.24, 2.45) is 0 Å². The lowest BCUT2D eigenvalue weighted by molar-refractivity contribution is 0.0853. The second kappa shape index (κ2) is 8.64. The van der Waals surface area contributed by atoms with E-state index in [-0.39, 0.29) is 12.0 Å². The number of carbonyl (C=O) groups is 1. The van der Waals surface area contributed by atoms with Gasteiger partial charge in [-0.1, -0.05) is 32.0 Å². The lowest BCUT2D eigenvalue weighted by Crippen LogP contribution is -2.32. The summed E-state index contributed by atoms with van der Waals surface area (Å²) in [6.07, 6.45) is 2.22. The number of amides is 1. The van der Waals surface area contributed by atoms with Gasteiger partial charge in [0.2, 0.25) is 0 Å². The minimum absolute atomic E-state index is 0.134. The molecule has 24 heavy (non-hydrogen) atoms. The van der Waals surface area contributed by atoms with Gasteiger partial charge in [0, 0.05) is 18.8 Å². The molecule has 2 heterocycles. The third-order valence-corrected chi connectivity index (χ3v) is 4.02. The van der Waals surface area contributed by atoms with Gasteiger partial charge in [-0.25, -0.2) is 4.98 Å². The number of nitrogens with one attached hydrogen (secondary N) is 1. The predicted molar refractivity (Wildman–Crippen MR) is 95.7 cm³/mol. The van der Waals surface area contributed by atoms with Crippen LogP contribution in [0.5, 0.6) is 0 Å². The van der Waals surface area contributed by atoms with Crippen LogP contribution in [0.3, 0.4) is 0 Å². The van der Waals surface area contributed by atoms with Crippen LogP contribution in [-0.4, -0.2) is 34.7 Å².